The van der Waals surface area contributed by atoms with Crippen molar-refractivity contribution in [3.63, 3.8) is 0 Å². The number of amides is 1. The van der Waals surface area contributed by atoms with Crippen LogP contribution in [0.3, 0.4) is 0 Å². The minimum atomic E-state index is -0.304. The molecule has 2 aromatic carbocycles. The van der Waals surface area contributed by atoms with E-state index < -0.39 is 0 Å². The van der Waals surface area contributed by atoms with E-state index in [1.165, 1.54) is 11.3 Å². The van der Waals surface area contributed by atoms with E-state index >= 15 is 0 Å². The lowest BCUT2D eigenvalue weighted by Gasteiger charge is -1.99. The Hall–Kier alpha value is -2.12. The monoisotopic (exact) mass is 390 g/mol. The van der Waals surface area contributed by atoms with Crippen LogP contribution < -0.4 is 14.3 Å². The van der Waals surface area contributed by atoms with E-state index in [2.05, 4.69) is 20.9 Å². The number of hydrogen-bond acceptors (Lipinski definition) is 4. The Kier molecular flexibility index (Phi) is 3.46. The molecule has 0 saturated heterocycles. The molecule has 2 heterocycles. The summed E-state index contributed by atoms with van der Waals surface area (Å²) in [7, 11) is 1.90. The van der Waals surface area contributed by atoms with Gasteiger partial charge in [0.05, 0.1) is 10.2 Å². The van der Waals surface area contributed by atoms with Gasteiger partial charge in [-0.3, -0.25) is 4.79 Å². The maximum Gasteiger partial charge on any atom is 0.279 e. The van der Waals surface area contributed by atoms with Gasteiger partial charge in [-0.2, -0.15) is 4.99 Å². The van der Waals surface area contributed by atoms with Gasteiger partial charge in [-0.15, -0.1) is 0 Å². The molecule has 0 fully saturated rings. The Morgan fingerprint density at radius 3 is 2.91 bits per heavy atom. The molecule has 0 atom stereocenters. The van der Waals surface area contributed by atoms with Crippen LogP contribution in [0.1, 0.15) is 10.4 Å². The number of ether oxygens (including phenoxy) is 2. The molecule has 1 aromatic heterocycles. The number of rotatable bonds is 1. The highest BCUT2D eigenvalue weighted by Gasteiger charge is 2.16. The molecule has 0 unspecified atom stereocenters. The molecule has 0 saturated carbocycles. The average molecular weight is 391 g/mol. The van der Waals surface area contributed by atoms with Crippen molar-refractivity contribution in [3.05, 3.63) is 51.2 Å². The number of para-hydroxylation sites is 1. The van der Waals surface area contributed by atoms with E-state index in [4.69, 9.17) is 9.47 Å². The largest absolute Gasteiger partial charge is 0.454 e. The fourth-order valence-electron chi connectivity index (χ4n) is 2.44. The molecular weight excluding hydrogens is 380 g/mol. The fourth-order valence-corrected chi connectivity index (χ4v) is 4.25. The first-order valence-corrected chi connectivity index (χ1v) is 8.47. The van der Waals surface area contributed by atoms with Crippen LogP contribution in [0.2, 0.25) is 0 Å². The third-order valence-electron chi connectivity index (χ3n) is 3.59. The third-order valence-corrected chi connectivity index (χ3v) is 5.33. The van der Waals surface area contributed by atoms with E-state index in [1.807, 2.05) is 29.8 Å². The van der Waals surface area contributed by atoms with Crippen LogP contribution in [0.15, 0.2) is 45.9 Å². The molecule has 23 heavy (non-hydrogen) atoms. The smallest absolute Gasteiger partial charge is 0.279 e. The number of fused-ring (bicyclic) bond motifs is 2. The zero-order chi connectivity index (χ0) is 16.0. The van der Waals surface area contributed by atoms with Gasteiger partial charge < -0.3 is 14.0 Å². The Morgan fingerprint density at radius 1 is 1.26 bits per heavy atom. The molecule has 0 aliphatic carbocycles. The molecule has 1 aliphatic rings. The van der Waals surface area contributed by atoms with Crippen molar-refractivity contribution in [2.24, 2.45) is 12.0 Å². The SMILES string of the molecule is Cn1c(=NC(=O)c2ccc3c(c2)OCO3)sc2cccc(Br)c21. The van der Waals surface area contributed by atoms with Gasteiger partial charge in [-0.25, -0.2) is 0 Å². The van der Waals surface area contributed by atoms with Gasteiger partial charge in [0.1, 0.15) is 0 Å². The summed E-state index contributed by atoms with van der Waals surface area (Å²) in [5.41, 5.74) is 1.50. The van der Waals surface area contributed by atoms with Gasteiger partial charge in [0.15, 0.2) is 16.3 Å². The number of benzene rings is 2. The van der Waals surface area contributed by atoms with Crippen LogP contribution in [0.5, 0.6) is 11.5 Å². The van der Waals surface area contributed by atoms with E-state index in [9.17, 15) is 4.79 Å². The zero-order valence-electron chi connectivity index (χ0n) is 12.1. The summed E-state index contributed by atoms with van der Waals surface area (Å²) >= 11 is 5.01. The van der Waals surface area contributed by atoms with Crippen LogP contribution >= 0.6 is 27.3 Å². The number of hydrogen-bond donors (Lipinski definition) is 0. The first-order chi connectivity index (χ1) is 11.1. The third kappa shape index (κ3) is 2.46. The lowest BCUT2D eigenvalue weighted by molar-refractivity contribution is 0.0997. The Morgan fingerprint density at radius 2 is 2.09 bits per heavy atom. The van der Waals surface area contributed by atoms with Crippen LogP contribution in [0.25, 0.3) is 10.2 Å². The van der Waals surface area contributed by atoms with E-state index in [1.54, 1.807) is 18.2 Å². The fraction of sp³-hybridized carbons (Fsp3) is 0.125. The minimum Gasteiger partial charge on any atom is -0.454 e. The number of carbonyl (C=O) groups excluding carboxylic acids is 1. The summed E-state index contributed by atoms with van der Waals surface area (Å²) < 4.78 is 14.5. The second kappa shape index (κ2) is 5.50. The predicted molar refractivity (Wildman–Crippen MR) is 91.0 cm³/mol. The Bertz CT molecular complexity index is 1010. The molecule has 1 aliphatic heterocycles. The van der Waals surface area contributed by atoms with Crippen molar-refractivity contribution in [3.8, 4) is 11.5 Å². The Balaban J connectivity index is 1.80. The van der Waals surface area contributed by atoms with Crippen molar-refractivity contribution < 1.29 is 14.3 Å². The summed E-state index contributed by atoms with van der Waals surface area (Å²) in [4.78, 5) is 17.4. The quantitative estimate of drug-likeness (QED) is 0.639. The molecule has 0 spiro atoms. The minimum absolute atomic E-state index is 0.184. The van der Waals surface area contributed by atoms with Gasteiger partial charge in [0, 0.05) is 17.1 Å². The van der Waals surface area contributed by atoms with Gasteiger partial charge in [0.25, 0.3) is 5.91 Å². The molecule has 3 aromatic rings. The van der Waals surface area contributed by atoms with Gasteiger partial charge in [-0.05, 0) is 46.3 Å². The van der Waals surface area contributed by atoms with Crippen LogP contribution in [0, 0.1) is 0 Å². The summed E-state index contributed by atoms with van der Waals surface area (Å²) in [6.07, 6.45) is 0. The number of halogens is 1. The van der Waals surface area contributed by atoms with Crippen molar-refractivity contribution in [2.45, 2.75) is 0 Å². The summed E-state index contributed by atoms with van der Waals surface area (Å²) in [5.74, 6) is 0.925. The van der Waals surface area contributed by atoms with Crippen LogP contribution in [-0.2, 0) is 7.05 Å². The molecule has 0 bridgehead atoms. The summed E-state index contributed by atoms with van der Waals surface area (Å²) in [5, 5.41) is 0. The molecule has 116 valence electrons. The molecule has 4 rings (SSSR count). The van der Waals surface area contributed by atoms with Crippen LogP contribution in [-0.4, -0.2) is 17.3 Å². The second-order valence-corrected chi connectivity index (χ2v) is 6.88. The Labute approximate surface area is 143 Å². The number of carbonyl (C=O) groups is 1. The van der Waals surface area contributed by atoms with Crippen molar-refractivity contribution in [2.75, 3.05) is 6.79 Å². The highest BCUT2D eigenvalue weighted by molar-refractivity contribution is 9.10. The zero-order valence-corrected chi connectivity index (χ0v) is 14.5. The number of thiazole rings is 1. The van der Waals surface area contributed by atoms with Crippen molar-refractivity contribution >= 4 is 43.4 Å². The van der Waals surface area contributed by atoms with Crippen LogP contribution in [0.4, 0.5) is 0 Å². The van der Waals surface area contributed by atoms with E-state index in [-0.39, 0.29) is 12.7 Å². The maximum atomic E-state index is 12.4. The molecule has 7 heteroatoms. The summed E-state index contributed by atoms with van der Waals surface area (Å²) in [6.45, 7) is 0.184. The van der Waals surface area contributed by atoms with E-state index in [0.717, 1.165) is 14.7 Å². The summed E-state index contributed by atoms with van der Waals surface area (Å²) in [6, 6.07) is 11.0. The standard InChI is InChI=1S/C16H11BrN2O3S/c1-19-14-10(17)3-2-4-13(14)23-16(19)18-15(20)9-5-6-11-12(7-9)22-8-21-11/h2-7H,8H2,1H3. The van der Waals surface area contributed by atoms with Crippen molar-refractivity contribution in [1.82, 2.24) is 4.57 Å². The van der Waals surface area contributed by atoms with E-state index in [0.29, 0.717) is 21.9 Å². The highest BCUT2D eigenvalue weighted by Crippen LogP contribution is 2.32. The van der Waals surface area contributed by atoms with Gasteiger partial charge in [-0.1, -0.05) is 17.4 Å². The molecular formula is C16H11BrN2O3S. The first kappa shape index (κ1) is 14.5. The normalized spacial score (nSPS) is 13.7. The van der Waals surface area contributed by atoms with Gasteiger partial charge >= 0.3 is 0 Å². The molecule has 0 radical (unpaired) electrons. The second-order valence-electron chi connectivity index (χ2n) is 5.02. The topological polar surface area (TPSA) is 52.8 Å². The number of aryl methyl sites for hydroxylation is 1. The number of nitrogens with zero attached hydrogens (tertiary/aromatic N) is 2. The van der Waals surface area contributed by atoms with Crippen molar-refractivity contribution in [1.29, 1.82) is 0 Å². The predicted octanol–water partition coefficient (Wildman–Crippen LogP) is 3.47. The average Bonchev–Trinajstić information content (AvgIpc) is 3.12. The first-order valence-electron chi connectivity index (χ1n) is 6.86. The molecule has 5 nitrogen and oxygen atoms in total. The molecule has 1 amide bonds. The number of aromatic nitrogens is 1. The molecule has 0 N–H and O–H groups in total. The highest BCUT2D eigenvalue weighted by atomic mass is 79.9. The lowest BCUT2D eigenvalue weighted by Crippen LogP contribution is -2.13. The lowest BCUT2D eigenvalue weighted by atomic mass is 10.2. The maximum absolute atomic E-state index is 12.4. The van der Waals surface area contributed by atoms with Gasteiger partial charge in [0.2, 0.25) is 6.79 Å².